The van der Waals surface area contributed by atoms with Crippen molar-refractivity contribution in [2.45, 2.75) is 12.5 Å². The highest BCUT2D eigenvalue weighted by Crippen LogP contribution is 2.14. The van der Waals surface area contributed by atoms with Crippen molar-refractivity contribution in [3.63, 3.8) is 0 Å². The van der Waals surface area contributed by atoms with Crippen LogP contribution in [0.5, 0.6) is 0 Å². The molecule has 1 aromatic rings. The first-order valence-electron chi connectivity index (χ1n) is 6.06. The van der Waals surface area contributed by atoms with E-state index in [0.29, 0.717) is 6.42 Å². The number of nitrogens with two attached hydrogens (primary N) is 1. The van der Waals surface area contributed by atoms with Gasteiger partial charge >= 0.3 is 0 Å². The van der Waals surface area contributed by atoms with Gasteiger partial charge in [-0.2, -0.15) is 0 Å². The molecule has 0 bridgehead atoms. The van der Waals surface area contributed by atoms with Crippen LogP contribution in [-0.2, 0) is 4.79 Å². The topological polar surface area (TPSA) is 58.4 Å². The fourth-order valence-electron chi connectivity index (χ4n) is 2.05. The Morgan fingerprint density at radius 2 is 1.79 bits per heavy atom. The molecular weight excluding hydrogens is 285 g/mol. The van der Waals surface area contributed by atoms with Crippen LogP contribution in [0, 0.1) is 0 Å². The highest BCUT2D eigenvalue weighted by atomic mass is 35.5. The number of carbonyl (C=O) groups is 1. The molecule has 0 saturated carbocycles. The molecule has 108 valence electrons. The summed E-state index contributed by atoms with van der Waals surface area (Å²) in [5.74, 6) is 0.155. The second-order valence-electron chi connectivity index (χ2n) is 4.35. The maximum absolute atomic E-state index is 12.0. The Morgan fingerprint density at radius 3 is 2.37 bits per heavy atom. The third-order valence-corrected chi connectivity index (χ3v) is 3.09. The molecule has 1 aliphatic rings. The molecule has 1 aromatic carbocycles. The molecule has 0 spiro atoms. The molecule has 4 nitrogen and oxygen atoms in total. The van der Waals surface area contributed by atoms with Gasteiger partial charge in [-0.25, -0.2) is 0 Å². The van der Waals surface area contributed by atoms with Crippen LogP contribution in [0.3, 0.4) is 0 Å². The predicted octanol–water partition coefficient (Wildman–Crippen LogP) is 1.35. The standard InChI is InChI=1S/C13H19N3O.2ClH/c14-12(11-4-2-1-3-5-11)10-13(17)16-8-6-15-7-9-16;;/h1-5,12,15H,6-10,14H2;2*1H. The zero-order chi connectivity index (χ0) is 12.1. The van der Waals surface area contributed by atoms with Gasteiger partial charge in [-0.1, -0.05) is 30.3 Å². The number of carbonyl (C=O) groups excluding carboxylic acids is 1. The van der Waals surface area contributed by atoms with Gasteiger partial charge in [-0.3, -0.25) is 4.79 Å². The third-order valence-electron chi connectivity index (χ3n) is 3.09. The lowest BCUT2D eigenvalue weighted by Crippen LogP contribution is -2.47. The highest BCUT2D eigenvalue weighted by molar-refractivity contribution is 5.85. The Hall–Kier alpha value is -0.810. The Balaban J connectivity index is 0.00000162. The molecular formula is C13H21Cl2N3O. The van der Waals surface area contributed by atoms with Crippen LogP contribution in [-0.4, -0.2) is 37.0 Å². The summed E-state index contributed by atoms with van der Waals surface area (Å²) < 4.78 is 0. The molecule has 2 rings (SSSR count). The van der Waals surface area contributed by atoms with E-state index in [1.807, 2.05) is 35.2 Å². The van der Waals surface area contributed by atoms with Crippen molar-refractivity contribution in [3.05, 3.63) is 35.9 Å². The van der Waals surface area contributed by atoms with Crippen LogP contribution < -0.4 is 11.1 Å². The lowest BCUT2D eigenvalue weighted by molar-refractivity contribution is -0.132. The first-order chi connectivity index (χ1) is 8.27. The molecule has 19 heavy (non-hydrogen) atoms. The predicted molar refractivity (Wildman–Crippen MR) is 81.9 cm³/mol. The van der Waals surface area contributed by atoms with E-state index in [0.717, 1.165) is 31.7 Å². The summed E-state index contributed by atoms with van der Waals surface area (Å²) in [6.45, 7) is 3.35. The summed E-state index contributed by atoms with van der Waals surface area (Å²) in [5, 5.41) is 3.23. The summed E-state index contributed by atoms with van der Waals surface area (Å²) in [7, 11) is 0. The first-order valence-corrected chi connectivity index (χ1v) is 6.06. The molecule has 1 fully saturated rings. The minimum atomic E-state index is -0.196. The lowest BCUT2D eigenvalue weighted by Gasteiger charge is -2.28. The normalized spacial score (nSPS) is 15.9. The number of nitrogens with one attached hydrogen (secondary N) is 1. The number of benzene rings is 1. The molecule has 6 heteroatoms. The van der Waals surface area contributed by atoms with E-state index in [9.17, 15) is 4.79 Å². The number of hydrogen-bond acceptors (Lipinski definition) is 3. The van der Waals surface area contributed by atoms with E-state index < -0.39 is 0 Å². The van der Waals surface area contributed by atoms with Gasteiger partial charge in [0.2, 0.25) is 5.91 Å². The largest absolute Gasteiger partial charge is 0.340 e. The van der Waals surface area contributed by atoms with Gasteiger partial charge in [0, 0.05) is 38.6 Å². The Morgan fingerprint density at radius 1 is 1.21 bits per heavy atom. The number of halogens is 2. The van der Waals surface area contributed by atoms with Crippen molar-refractivity contribution in [1.29, 1.82) is 0 Å². The quantitative estimate of drug-likeness (QED) is 0.886. The second-order valence-corrected chi connectivity index (χ2v) is 4.35. The molecule has 1 amide bonds. The van der Waals surface area contributed by atoms with E-state index in [-0.39, 0.29) is 36.8 Å². The smallest absolute Gasteiger partial charge is 0.224 e. The van der Waals surface area contributed by atoms with E-state index in [1.54, 1.807) is 0 Å². The van der Waals surface area contributed by atoms with Crippen molar-refractivity contribution in [2.24, 2.45) is 5.73 Å². The third kappa shape index (κ3) is 5.37. The summed E-state index contributed by atoms with van der Waals surface area (Å²) >= 11 is 0. The number of nitrogens with zero attached hydrogens (tertiary/aromatic N) is 1. The molecule has 0 aliphatic carbocycles. The van der Waals surface area contributed by atoms with Crippen LogP contribution in [0.2, 0.25) is 0 Å². The molecule has 1 heterocycles. The van der Waals surface area contributed by atoms with Gasteiger partial charge in [-0.05, 0) is 5.56 Å². The molecule has 3 N–H and O–H groups in total. The van der Waals surface area contributed by atoms with Crippen molar-refractivity contribution in [3.8, 4) is 0 Å². The number of piperazine rings is 1. The molecule has 1 atom stereocenters. The van der Waals surface area contributed by atoms with Crippen molar-refractivity contribution < 1.29 is 4.79 Å². The fraction of sp³-hybridized carbons (Fsp3) is 0.462. The Bertz CT molecular complexity index is 369. The highest BCUT2D eigenvalue weighted by Gasteiger charge is 2.19. The number of amides is 1. The average Bonchev–Trinajstić information content (AvgIpc) is 2.40. The molecule has 1 saturated heterocycles. The van der Waals surface area contributed by atoms with E-state index >= 15 is 0 Å². The minimum Gasteiger partial charge on any atom is -0.340 e. The van der Waals surface area contributed by atoms with Gasteiger partial charge < -0.3 is 16.0 Å². The molecule has 0 aromatic heterocycles. The maximum atomic E-state index is 12.0. The monoisotopic (exact) mass is 305 g/mol. The van der Waals surface area contributed by atoms with Crippen molar-refractivity contribution in [1.82, 2.24) is 10.2 Å². The van der Waals surface area contributed by atoms with Crippen LogP contribution in [0.4, 0.5) is 0 Å². The SMILES string of the molecule is Cl.Cl.NC(CC(=O)N1CCNCC1)c1ccccc1. The fourth-order valence-corrected chi connectivity index (χ4v) is 2.05. The summed E-state index contributed by atoms with van der Waals surface area (Å²) in [4.78, 5) is 13.9. The summed E-state index contributed by atoms with van der Waals surface area (Å²) in [6, 6.07) is 9.59. The van der Waals surface area contributed by atoms with Gasteiger partial charge in [0.1, 0.15) is 0 Å². The van der Waals surface area contributed by atoms with E-state index in [2.05, 4.69) is 5.32 Å². The van der Waals surface area contributed by atoms with Crippen LogP contribution >= 0.6 is 24.8 Å². The second kappa shape index (κ2) is 9.15. The maximum Gasteiger partial charge on any atom is 0.224 e. The Kier molecular flexibility index (Phi) is 8.76. The zero-order valence-electron chi connectivity index (χ0n) is 10.7. The molecule has 1 unspecified atom stereocenters. The van der Waals surface area contributed by atoms with E-state index in [1.165, 1.54) is 0 Å². The van der Waals surface area contributed by atoms with E-state index in [4.69, 9.17) is 5.73 Å². The lowest BCUT2D eigenvalue weighted by atomic mass is 10.0. The number of hydrogen-bond donors (Lipinski definition) is 2. The van der Waals surface area contributed by atoms with Gasteiger partial charge in [0.05, 0.1) is 0 Å². The van der Waals surface area contributed by atoms with Crippen molar-refractivity contribution >= 4 is 30.7 Å². The van der Waals surface area contributed by atoms with Crippen LogP contribution in [0.1, 0.15) is 18.0 Å². The van der Waals surface area contributed by atoms with Crippen molar-refractivity contribution in [2.75, 3.05) is 26.2 Å². The number of rotatable bonds is 3. The summed E-state index contributed by atoms with van der Waals surface area (Å²) in [5.41, 5.74) is 7.06. The van der Waals surface area contributed by atoms with Crippen LogP contribution in [0.25, 0.3) is 0 Å². The molecule has 0 radical (unpaired) electrons. The summed E-state index contributed by atoms with van der Waals surface area (Å²) in [6.07, 6.45) is 0.393. The first kappa shape index (κ1) is 18.2. The van der Waals surface area contributed by atoms with Crippen LogP contribution in [0.15, 0.2) is 30.3 Å². The van der Waals surface area contributed by atoms with Gasteiger partial charge in [0.25, 0.3) is 0 Å². The zero-order valence-corrected chi connectivity index (χ0v) is 12.4. The minimum absolute atomic E-state index is 0. The van der Waals surface area contributed by atoms with Gasteiger partial charge in [0.15, 0.2) is 0 Å². The Labute approximate surface area is 126 Å². The average molecular weight is 306 g/mol. The van der Waals surface area contributed by atoms with Gasteiger partial charge in [-0.15, -0.1) is 24.8 Å². The molecule has 1 aliphatic heterocycles.